The van der Waals surface area contributed by atoms with Crippen LogP contribution in [0.15, 0.2) is 0 Å². The smallest absolute Gasteiger partial charge is 0.0702 e. The van der Waals surface area contributed by atoms with E-state index in [0.717, 1.165) is 19.7 Å². The monoisotopic (exact) mass is 186 g/mol. The van der Waals surface area contributed by atoms with Crippen molar-refractivity contribution in [3.63, 3.8) is 0 Å². The third kappa shape index (κ3) is 4.07. The summed E-state index contributed by atoms with van der Waals surface area (Å²) < 4.78 is 5.61. The van der Waals surface area contributed by atoms with Crippen molar-refractivity contribution in [2.24, 2.45) is 5.73 Å². The Bertz CT molecular complexity index is 137. The molecule has 1 unspecified atom stereocenters. The van der Waals surface area contributed by atoms with Crippen LogP contribution < -0.4 is 5.73 Å². The number of nitrogens with zero attached hydrogens (tertiary/aromatic N) is 1. The lowest BCUT2D eigenvalue weighted by atomic mass is 10.1. The topological polar surface area (TPSA) is 38.5 Å². The number of nitrogens with two attached hydrogens (primary N) is 1. The normalized spacial score (nSPS) is 27.5. The molecular formula is C10H22N2O. The predicted octanol–water partition coefficient (Wildman–Crippen LogP) is 0.834. The Kier molecular flexibility index (Phi) is 4.70. The number of piperidine rings is 1. The van der Waals surface area contributed by atoms with E-state index in [-0.39, 0.29) is 6.04 Å². The number of rotatable bonds is 4. The third-order valence-electron chi connectivity index (χ3n) is 2.41. The van der Waals surface area contributed by atoms with Gasteiger partial charge in [0.2, 0.25) is 0 Å². The minimum atomic E-state index is 0.278. The molecule has 1 rings (SSSR count). The molecule has 1 saturated heterocycles. The second kappa shape index (κ2) is 5.58. The second-order valence-corrected chi connectivity index (χ2v) is 3.96. The predicted molar refractivity (Wildman–Crippen MR) is 54.7 cm³/mol. The fourth-order valence-electron chi connectivity index (χ4n) is 1.96. The summed E-state index contributed by atoms with van der Waals surface area (Å²) in [5, 5.41) is 0. The van der Waals surface area contributed by atoms with Gasteiger partial charge >= 0.3 is 0 Å². The van der Waals surface area contributed by atoms with E-state index in [4.69, 9.17) is 10.5 Å². The van der Waals surface area contributed by atoms with E-state index in [1.807, 2.05) is 0 Å². The van der Waals surface area contributed by atoms with Crippen molar-refractivity contribution in [2.45, 2.75) is 38.8 Å². The number of likely N-dealkylation sites (tertiary alicyclic amines) is 1. The highest BCUT2D eigenvalue weighted by molar-refractivity contribution is 4.75. The van der Waals surface area contributed by atoms with Gasteiger partial charge in [-0.1, -0.05) is 0 Å². The van der Waals surface area contributed by atoms with Crippen LogP contribution in [0.1, 0.15) is 26.7 Å². The van der Waals surface area contributed by atoms with E-state index in [2.05, 4.69) is 18.7 Å². The second-order valence-electron chi connectivity index (χ2n) is 3.96. The molecule has 0 amide bonds. The third-order valence-corrected chi connectivity index (χ3v) is 2.41. The molecule has 13 heavy (non-hydrogen) atoms. The fourth-order valence-corrected chi connectivity index (χ4v) is 1.96. The van der Waals surface area contributed by atoms with Gasteiger partial charge in [0.15, 0.2) is 0 Å². The highest BCUT2D eigenvalue weighted by Crippen LogP contribution is 2.12. The zero-order chi connectivity index (χ0) is 9.68. The molecule has 2 N–H and O–H groups in total. The molecule has 0 aromatic rings. The first kappa shape index (κ1) is 11.0. The molecule has 0 bridgehead atoms. The lowest BCUT2D eigenvalue weighted by Crippen LogP contribution is -2.44. The molecule has 3 nitrogen and oxygen atoms in total. The van der Waals surface area contributed by atoms with Crippen LogP contribution in [0.5, 0.6) is 0 Å². The van der Waals surface area contributed by atoms with Gasteiger partial charge in [0.25, 0.3) is 0 Å². The fraction of sp³-hybridized carbons (Fsp3) is 1.00. The Morgan fingerprint density at radius 2 is 2.38 bits per heavy atom. The van der Waals surface area contributed by atoms with Crippen molar-refractivity contribution in [3.05, 3.63) is 0 Å². The Balaban J connectivity index is 2.24. The lowest BCUT2D eigenvalue weighted by Gasteiger charge is -2.33. The number of ether oxygens (including phenoxy) is 1. The summed E-state index contributed by atoms with van der Waals surface area (Å²) in [6, 6.07) is 0.278. The van der Waals surface area contributed by atoms with E-state index in [9.17, 15) is 0 Å². The highest BCUT2D eigenvalue weighted by Gasteiger charge is 2.20. The minimum absolute atomic E-state index is 0.278. The van der Waals surface area contributed by atoms with Crippen molar-refractivity contribution in [1.82, 2.24) is 4.90 Å². The van der Waals surface area contributed by atoms with Crippen LogP contribution in [0.4, 0.5) is 0 Å². The minimum Gasteiger partial charge on any atom is -0.377 e. The van der Waals surface area contributed by atoms with Gasteiger partial charge in [0, 0.05) is 25.7 Å². The first-order chi connectivity index (χ1) is 6.22. The van der Waals surface area contributed by atoms with Crippen LogP contribution in [-0.2, 0) is 4.74 Å². The van der Waals surface area contributed by atoms with Gasteiger partial charge < -0.3 is 10.5 Å². The van der Waals surface area contributed by atoms with Gasteiger partial charge in [-0.15, -0.1) is 0 Å². The summed E-state index contributed by atoms with van der Waals surface area (Å²) in [7, 11) is 0. The number of hydrogen-bond donors (Lipinski definition) is 1. The molecule has 1 aliphatic rings. The average molecular weight is 186 g/mol. The van der Waals surface area contributed by atoms with Gasteiger partial charge in [-0.2, -0.15) is 0 Å². The largest absolute Gasteiger partial charge is 0.377 e. The maximum atomic E-state index is 5.76. The van der Waals surface area contributed by atoms with E-state index in [1.54, 1.807) is 0 Å². The molecule has 2 atom stereocenters. The molecular weight excluding hydrogens is 164 g/mol. The summed E-state index contributed by atoms with van der Waals surface area (Å²) in [4.78, 5) is 2.41. The van der Waals surface area contributed by atoms with Crippen LogP contribution in [0.2, 0.25) is 0 Å². The van der Waals surface area contributed by atoms with Gasteiger partial charge in [-0.25, -0.2) is 0 Å². The highest BCUT2D eigenvalue weighted by atomic mass is 16.5. The van der Waals surface area contributed by atoms with Gasteiger partial charge in [0.05, 0.1) is 6.10 Å². The standard InChI is InChI=1S/C10H22N2O/c1-3-13-10-5-4-6-12(8-10)7-9(2)11/h9-10H,3-8,11H2,1-2H3/t9-,10?/m0/s1. The van der Waals surface area contributed by atoms with Gasteiger partial charge in [-0.3, -0.25) is 4.90 Å². The summed E-state index contributed by atoms with van der Waals surface area (Å²) in [5.41, 5.74) is 5.76. The summed E-state index contributed by atoms with van der Waals surface area (Å²) in [5.74, 6) is 0. The van der Waals surface area contributed by atoms with Crippen molar-refractivity contribution in [1.29, 1.82) is 0 Å². The molecule has 0 spiro atoms. The van der Waals surface area contributed by atoms with Crippen LogP contribution in [0.3, 0.4) is 0 Å². The molecule has 0 radical (unpaired) electrons. The molecule has 1 aliphatic heterocycles. The van der Waals surface area contributed by atoms with Crippen LogP contribution in [-0.4, -0.2) is 43.3 Å². The molecule has 0 aromatic heterocycles. The Labute approximate surface area is 81.2 Å². The number of hydrogen-bond acceptors (Lipinski definition) is 3. The zero-order valence-electron chi connectivity index (χ0n) is 8.83. The molecule has 0 aromatic carbocycles. The Hall–Kier alpha value is -0.120. The summed E-state index contributed by atoms with van der Waals surface area (Å²) >= 11 is 0. The molecule has 0 aliphatic carbocycles. The van der Waals surface area contributed by atoms with Crippen molar-refractivity contribution in [3.8, 4) is 0 Å². The van der Waals surface area contributed by atoms with Crippen molar-refractivity contribution >= 4 is 0 Å². The van der Waals surface area contributed by atoms with E-state index in [1.165, 1.54) is 19.4 Å². The van der Waals surface area contributed by atoms with Crippen molar-refractivity contribution < 1.29 is 4.74 Å². The maximum absolute atomic E-state index is 5.76. The van der Waals surface area contributed by atoms with E-state index in [0.29, 0.717) is 6.10 Å². The zero-order valence-corrected chi connectivity index (χ0v) is 8.83. The molecule has 3 heteroatoms. The Morgan fingerprint density at radius 3 is 3.00 bits per heavy atom. The van der Waals surface area contributed by atoms with Gasteiger partial charge in [0.1, 0.15) is 0 Å². The van der Waals surface area contributed by atoms with E-state index >= 15 is 0 Å². The Morgan fingerprint density at radius 1 is 1.62 bits per heavy atom. The van der Waals surface area contributed by atoms with Crippen LogP contribution in [0, 0.1) is 0 Å². The first-order valence-electron chi connectivity index (χ1n) is 5.32. The molecule has 1 heterocycles. The molecule has 0 saturated carbocycles. The van der Waals surface area contributed by atoms with Crippen molar-refractivity contribution in [2.75, 3.05) is 26.2 Å². The quantitative estimate of drug-likeness (QED) is 0.707. The summed E-state index contributed by atoms with van der Waals surface area (Å²) in [6.07, 6.45) is 2.90. The SMILES string of the molecule is CCOC1CCCN(C[C@H](C)N)C1. The molecule has 1 fully saturated rings. The first-order valence-corrected chi connectivity index (χ1v) is 5.32. The van der Waals surface area contributed by atoms with Crippen LogP contribution in [0.25, 0.3) is 0 Å². The van der Waals surface area contributed by atoms with Gasteiger partial charge in [-0.05, 0) is 33.2 Å². The van der Waals surface area contributed by atoms with E-state index < -0.39 is 0 Å². The lowest BCUT2D eigenvalue weighted by molar-refractivity contribution is 0.00497. The molecule has 78 valence electrons. The maximum Gasteiger partial charge on any atom is 0.0702 e. The van der Waals surface area contributed by atoms with Crippen LogP contribution >= 0.6 is 0 Å². The summed E-state index contributed by atoms with van der Waals surface area (Å²) in [6.45, 7) is 8.20. The average Bonchev–Trinajstić information content (AvgIpc) is 2.04.